The number of hydrogen-bond acceptors (Lipinski definition) is 6. The number of rotatable bonds is 3. The molecule has 2 aliphatic heterocycles. The van der Waals surface area contributed by atoms with Gasteiger partial charge in [-0.25, -0.2) is 10.0 Å². The van der Waals surface area contributed by atoms with Crippen LogP contribution in [0.4, 0.5) is 0 Å². The minimum absolute atomic E-state index is 0.189. The van der Waals surface area contributed by atoms with E-state index >= 15 is 0 Å². The molecule has 5 rings (SSSR count). The molecule has 0 radical (unpaired) electrons. The monoisotopic (exact) mass is 402 g/mol. The number of carbonyl (C=O) groups excluding carboxylic acids is 1. The molecule has 29 heavy (non-hydrogen) atoms. The van der Waals surface area contributed by atoms with Crippen LogP contribution in [0.1, 0.15) is 23.2 Å². The van der Waals surface area contributed by atoms with Crippen molar-refractivity contribution in [2.45, 2.75) is 18.8 Å². The highest BCUT2D eigenvalue weighted by Gasteiger charge is 2.35. The van der Waals surface area contributed by atoms with Crippen LogP contribution in [0.2, 0.25) is 0 Å². The van der Waals surface area contributed by atoms with Crippen molar-refractivity contribution in [3.05, 3.63) is 94.4 Å². The van der Waals surface area contributed by atoms with Crippen LogP contribution in [0.3, 0.4) is 0 Å². The Morgan fingerprint density at radius 3 is 2.66 bits per heavy atom. The minimum atomic E-state index is -0.521. The first-order valence-corrected chi connectivity index (χ1v) is 10.3. The van der Waals surface area contributed by atoms with Crippen LogP contribution >= 0.6 is 11.8 Å². The topological polar surface area (TPSA) is 70.2 Å². The summed E-state index contributed by atoms with van der Waals surface area (Å²) in [7, 11) is 0. The van der Waals surface area contributed by atoms with Gasteiger partial charge >= 0.3 is 0 Å². The maximum absolute atomic E-state index is 13.0. The number of fused-ring (bicyclic) bond motifs is 2. The lowest BCUT2D eigenvalue weighted by molar-refractivity contribution is -0.116. The van der Waals surface area contributed by atoms with Gasteiger partial charge in [0.05, 0.1) is 5.36 Å². The fourth-order valence-electron chi connectivity index (χ4n) is 3.40. The Hall–Kier alpha value is -3.32. The number of nitrogens with zero attached hydrogens (tertiary/aromatic N) is 3. The van der Waals surface area contributed by atoms with Gasteiger partial charge in [-0.1, -0.05) is 60.3 Å². The number of hydrazone groups is 1. The van der Waals surface area contributed by atoms with Crippen molar-refractivity contribution in [1.82, 2.24) is 10.3 Å². The molecular formula is C22H18N4O2S. The van der Waals surface area contributed by atoms with Crippen LogP contribution in [0.25, 0.3) is 5.70 Å². The van der Waals surface area contributed by atoms with Crippen molar-refractivity contribution in [2.75, 3.05) is 0 Å². The van der Waals surface area contributed by atoms with E-state index in [0.29, 0.717) is 22.4 Å². The molecular weight excluding hydrogens is 384 g/mol. The first-order chi connectivity index (χ1) is 14.2. The summed E-state index contributed by atoms with van der Waals surface area (Å²) in [6.45, 7) is 1.89. The number of hydrogen-bond donors (Lipinski definition) is 1. The average molecular weight is 402 g/mol. The van der Waals surface area contributed by atoms with E-state index in [1.165, 1.54) is 11.8 Å². The van der Waals surface area contributed by atoms with Crippen LogP contribution < -0.4 is 15.9 Å². The molecule has 0 aliphatic carbocycles. The van der Waals surface area contributed by atoms with E-state index in [9.17, 15) is 4.79 Å². The number of thioether (sulfide) groups is 1. The number of furan rings is 1. The second kappa shape index (κ2) is 7.25. The first kappa shape index (κ1) is 17.8. The summed E-state index contributed by atoms with van der Waals surface area (Å²) in [6.07, 6.45) is -0.521. The number of nitrogens with one attached hydrogen (secondary N) is 1. The quantitative estimate of drug-likeness (QED) is 0.731. The van der Waals surface area contributed by atoms with Crippen molar-refractivity contribution in [2.24, 2.45) is 10.1 Å². The zero-order valence-corrected chi connectivity index (χ0v) is 16.5. The van der Waals surface area contributed by atoms with Crippen molar-refractivity contribution < 1.29 is 9.21 Å². The molecule has 0 spiro atoms. The summed E-state index contributed by atoms with van der Waals surface area (Å²) in [5.41, 5.74) is 1.65. The van der Waals surface area contributed by atoms with Crippen LogP contribution in [-0.4, -0.2) is 16.1 Å². The molecule has 6 nitrogen and oxygen atoms in total. The predicted octanol–water partition coefficient (Wildman–Crippen LogP) is 2.66. The lowest BCUT2D eigenvalue weighted by Gasteiger charge is -2.32. The Balaban J connectivity index is 1.57. The number of amidine groups is 1. The van der Waals surface area contributed by atoms with Gasteiger partial charge in [0.2, 0.25) is 6.17 Å². The standard InChI is InChI=1S/C22H18N4O2S/c1-14-11-12-18(28-14)20-23-17-10-6-5-9-16(17)19-21(27)24-22(25-26(19)20)29-13-15-7-3-2-4-8-15/h2-12,20H,13H2,1H3,(H,24,25,27). The fourth-order valence-corrected chi connectivity index (χ4v) is 4.20. The van der Waals surface area contributed by atoms with Crippen molar-refractivity contribution in [3.8, 4) is 0 Å². The first-order valence-electron chi connectivity index (χ1n) is 9.28. The fraction of sp³-hybridized carbons (Fsp3) is 0.136. The van der Waals surface area contributed by atoms with Gasteiger partial charge in [-0.3, -0.25) is 10.1 Å². The Morgan fingerprint density at radius 2 is 1.86 bits per heavy atom. The van der Waals surface area contributed by atoms with Crippen LogP contribution in [-0.2, 0) is 10.5 Å². The summed E-state index contributed by atoms with van der Waals surface area (Å²) >= 11 is 1.48. The summed E-state index contributed by atoms with van der Waals surface area (Å²) in [6, 6.07) is 21.5. The average Bonchev–Trinajstić information content (AvgIpc) is 3.18. The van der Waals surface area contributed by atoms with Gasteiger partial charge in [0.1, 0.15) is 11.5 Å². The molecule has 2 aliphatic rings. The minimum Gasteiger partial charge on any atom is -0.462 e. The molecule has 3 aromatic rings. The van der Waals surface area contributed by atoms with E-state index in [4.69, 9.17) is 14.5 Å². The van der Waals surface area contributed by atoms with Crippen LogP contribution in [0.5, 0.6) is 0 Å². The van der Waals surface area contributed by atoms with E-state index in [0.717, 1.165) is 21.9 Å². The van der Waals surface area contributed by atoms with Crippen molar-refractivity contribution >= 4 is 28.5 Å². The van der Waals surface area contributed by atoms with Gasteiger partial charge in [0.25, 0.3) is 5.91 Å². The third-order valence-corrected chi connectivity index (χ3v) is 5.68. The second-order valence-corrected chi connectivity index (χ2v) is 7.76. The number of para-hydroxylation sites is 1. The number of amides is 1. The highest BCUT2D eigenvalue weighted by molar-refractivity contribution is 8.13. The van der Waals surface area contributed by atoms with Crippen LogP contribution in [0.15, 0.2) is 81.2 Å². The molecule has 1 atom stereocenters. The molecule has 0 bridgehead atoms. The molecule has 1 N–H and O–H groups in total. The SMILES string of the molecule is Cc1ccc(C2N=c3ccccc3=C3C(=O)NC(SCc4ccccc4)=NN32)o1. The smallest absolute Gasteiger partial charge is 0.276 e. The van der Waals surface area contributed by atoms with Gasteiger partial charge in [-0.15, -0.1) is 5.10 Å². The molecule has 7 heteroatoms. The molecule has 1 amide bonds. The third-order valence-electron chi connectivity index (χ3n) is 4.75. The van der Waals surface area contributed by atoms with E-state index in [1.807, 2.05) is 61.5 Å². The van der Waals surface area contributed by atoms with Gasteiger partial charge in [-0.05, 0) is 30.7 Å². The third kappa shape index (κ3) is 3.34. The van der Waals surface area contributed by atoms with E-state index in [2.05, 4.69) is 17.4 Å². The van der Waals surface area contributed by atoms with Gasteiger partial charge < -0.3 is 4.42 Å². The van der Waals surface area contributed by atoms with Crippen molar-refractivity contribution in [3.63, 3.8) is 0 Å². The Bertz CT molecular complexity index is 1230. The molecule has 0 saturated heterocycles. The molecule has 0 saturated carbocycles. The summed E-state index contributed by atoms with van der Waals surface area (Å²) in [4.78, 5) is 17.9. The maximum atomic E-state index is 13.0. The summed E-state index contributed by atoms with van der Waals surface area (Å²) < 4.78 is 5.83. The largest absolute Gasteiger partial charge is 0.462 e. The molecule has 1 aromatic heterocycles. The summed E-state index contributed by atoms with van der Waals surface area (Å²) in [5.74, 6) is 1.97. The zero-order valence-electron chi connectivity index (χ0n) is 15.7. The van der Waals surface area contributed by atoms with E-state index < -0.39 is 6.17 Å². The molecule has 2 aromatic carbocycles. The predicted molar refractivity (Wildman–Crippen MR) is 112 cm³/mol. The highest BCUT2D eigenvalue weighted by Crippen LogP contribution is 2.31. The van der Waals surface area contributed by atoms with Gasteiger partial charge in [-0.2, -0.15) is 0 Å². The van der Waals surface area contributed by atoms with E-state index in [-0.39, 0.29) is 5.91 Å². The maximum Gasteiger partial charge on any atom is 0.276 e. The Kier molecular flexibility index (Phi) is 4.44. The molecule has 3 heterocycles. The van der Waals surface area contributed by atoms with Gasteiger partial charge in [0, 0.05) is 11.0 Å². The molecule has 0 fully saturated rings. The Labute approximate surface area is 171 Å². The second-order valence-electron chi connectivity index (χ2n) is 6.80. The van der Waals surface area contributed by atoms with Crippen LogP contribution in [0, 0.1) is 6.92 Å². The van der Waals surface area contributed by atoms with Crippen molar-refractivity contribution in [1.29, 1.82) is 0 Å². The number of aryl methyl sites for hydroxylation is 1. The zero-order chi connectivity index (χ0) is 19.8. The lowest BCUT2D eigenvalue weighted by Crippen LogP contribution is -2.50. The molecule has 144 valence electrons. The van der Waals surface area contributed by atoms with Gasteiger partial charge in [0.15, 0.2) is 10.9 Å². The number of carbonyl (C=O) groups is 1. The Morgan fingerprint density at radius 1 is 1.07 bits per heavy atom. The normalized spacial score (nSPS) is 17.8. The highest BCUT2D eigenvalue weighted by atomic mass is 32.2. The lowest BCUT2D eigenvalue weighted by atomic mass is 10.1. The summed E-state index contributed by atoms with van der Waals surface area (Å²) in [5, 5.41) is 11.4. The molecule has 1 unspecified atom stereocenters. The number of benzene rings is 2. The van der Waals surface area contributed by atoms with E-state index in [1.54, 1.807) is 5.01 Å².